The van der Waals surface area contributed by atoms with Gasteiger partial charge in [0.15, 0.2) is 0 Å². The second kappa shape index (κ2) is 15.9. The predicted octanol–water partition coefficient (Wildman–Crippen LogP) is 5.97. The number of hydrogen-bond donors (Lipinski definition) is 1. The van der Waals surface area contributed by atoms with Gasteiger partial charge in [0.2, 0.25) is 21.8 Å². The van der Waals surface area contributed by atoms with Crippen LogP contribution >= 0.6 is 15.9 Å². The average molecular weight is 657 g/mol. The van der Waals surface area contributed by atoms with Gasteiger partial charge in [-0.25, -0.2) is 8.42 Å². The summed E-state index contributed by atoms with van der Waals surface area (Å²) < 4.78 is 27.6. The van der Waals surface area contributed by atoms with E-state index in [2.05, 4.69) is 21.2 Å². The number of carbonyl (C=O) groups is 2. The van der Waals surface area contributed by atoms with Gasteiger partial charge >= 0.3 is 0 Å². The molecule has 0 heterocycles. The van der Waals surface area contributed by atoms with Gasteiger partial charge in [-0.15, -0.1) is 0 Å². The highest BCUT2D eigenvalue weighted by atomic mass is 79.9. The summed E-state index contributed by atoms with van der Waals surface area (Å²) in [7, 11) is -3.56. The molecule has 1 N–H and O–H groups in total. The van der Waals surface area contributed by atoms with Crippen LogP contribution in [0.1, 0.15) is 50.3 Å². The lowest BCUT2D eigenvalue weighted by Gasteiger charge is -2.32. The van der Waals surface area contributed by atoms with Gasteiger partial charge in [0.25, 0.3) is 0 Å². The molecule has 0 aliphatic carbocycles. The van der Waals surface area contributed by atoms with Gasteiger partial charge in [0, 0.05) is 36.9 Å². The molecule has 9 heteroatoms. The molecule has 2 amide bonds. The van der Waals surface area contributed by atoms with Gasteiger partial charge in [0.05, 0.1) is 11.9 Å². The fraction of sp³-hybridized carbons (Fsp3) is 0.394. The number of carbonyl (C=O) groups excluding carboxylic acids is 2. The Hall–Kier alpha value is -3.17. The molecule has 0 fully saturated rings. The third-order valence-electron chi connectivity index (χ3n) is 6.98. The fourth-order valence-corrected chi connectivity index (χ4v) is 6.12. The number of nitrogens with one attached hydrogen (secondary N) is 1. The number of benzene rings is 3. The summed E-state index contributed by atoms with van der Waals surface area (Å²) in [4.78, 5) is 29.2. The van der Waals surface area contributed by atoms with Crippen LogP contribution in [-0.4, -0.2) is 50.5 Å². The van der Waals surface area contributed by atoms with Gasteiger partial charge in [-0.2, -0.15) is 0 Å². The van der Waals surface area contributed by atoms with E-state index in [0.29, 0.717) is 25.1 Å². The van der Waals surface area contributed by atoms with Crippen LogP contribution in [0, 0.1) is 5.92 Å². The first-order chi connectivity index (χ1) is 20.0. The van der Waals surface area contributed by atoms with E-state index in [1.54, 1.807) is 17.0 Å². The van der Waals surface area contributed by atoms with Gasteiger partial charge < -0.3 is 10.2 Å². The smallest absolute Gasteiger partial charge is 0.243 e. The second-order valence-electron chi connectivity index (χ2n) is 11.0. The molecule has 0 aliphatic rings. The van der Waals surface area contributed by atoms with Crippen LogP contribution in [0.3, 0.4) is 0 Å². The molecule has 3 rings (SSSR count). The highest BCUT2D eigenvalue weighted by Crippen LogP contribution is 2.22. The fourth-order valence-electron chi connectivity index (χ4n) is 4.71. The molecule has 0 spiro atoms. The molecule has 226 valence electrons. The summed E-state index contributed by atoms with van der Waals surface area (Å²) in [5.74, 6) is -0.149. The van der Waals surface area contributed by atoms with Crippen LogP contribution in [0.15, 0.2) is 83.3 Å². The van der Waals surface area contributed by atoms with Crippen molar-refractivity contribution in [3.8, 4) is 0 Å². The summed E-state index contributed by atoms with van der Waals surface area (Å²) in [6.07, 6.45) is 2.80. The van der Waals surface area contributed by atoms with Gasteiger partial charge in [0.1, 0.15) is 6.04 Å². The summed E-state index contributed by atoms with van der Waals surface area (Å²) in [6, 6.07) is 24.1. The summed E-state index contributed by atoms with van der Waals surface area (Å²) in [6.45, 7) is 7.01. The van der Waals surface area contributed by atoms with E-state index < -0.39 is 16.1 Å². The molecule has 0 radical (unpaired) electrons. The van der Waals surface area contributed by atoms with Gasteiger partial charge in [-0.3, -0.25) is 13.9 Å². The standard InChI is InChI=1S/C33H42BrN3O4S/c1-5-26-16-18-30(19-17-26)37(42(4,40)41)20-10-15-32(38)36(24-28-13-9-14-29(34)21-28)31(33(39)35-23-25(2)3)22-27-11-7-6-8-12-27/h6-9,11-14,16-19,21,25,31H,5,10,15,20,22-24H2,1-4H3,(H,35,39). The molecule has 1 unspecified atom stereocenters. The highest BCUT2D eigenvalue weighted by Gasteiger charge is 2.30. The van der Waals surface area contributed by atoms with Crippen molar-refractivity contribution in [2.24, 2.45) is 5.92 Å². The van der Waals surface area contributed by atoms with Crippen molar-refractivity contribution in [2.45, 2.75) is 59.0 Å². The third-order valence-corrected chi connectivity index (χ3v) is 8.67. The number of halogens is 1. The SMILES string of the molecule is CCc1ccc(N(CCCC(=O)N(Cc2cccc(Br)c2)C(Cc2ccccc2)C(=O)NCC(C)C)S(C)(=O)=O)cc1. The molecule has 42 heavy (non-hydrogen) atoms. The third kappa shape index (κ3) is 10.3. The Kier molecular flexibility index (Phi) is 12.6. The van der Waals surface area contributed by atoms with E-state index in [1.165, 1.54) is 10.6 Å². The van der Waals surface area contributed by atoms with Crippen molar-refractivity contribution in [3.05, 3.63) is 100 Å². The first-order valence-electron chi connectivity index (χ1n) is 14.4. The normalized spacial score (nSPS) is 12.1. The van der Waals surface area contributed by atoms with Crippen molar-refractivity contribution in [2.75, 3.05) is 23.7 Å². The van der Waals surface area contributed by atoms with E-state index in [0.717, 1.165) is 27.6 Å². The van der Waals surface area contributed by atoms with Crippen LogP contribution in [0.4, 0.5) is 5.69 Å². The molecular weight excluding hydrogens is 614 g/mol. The van der Waals surface area contributed by atoms with Crippen molar-refractivity contribution < 1.29 is 18.0 Å². The van der Waals surface area contributed by atoms with E-state index in [9.17, 15) is 18.0 Å². The molecule has 0 bridgehead atoms. The van der Waals surface area contributed by atoms with E-state index in [-0.39, 0.29) is 37.2 Å². The van der Waals surface area contributed by atoms with Crippen LogP contribution in [-0.2, 0) is 39.0 Å². The molecule has 0 saturated carbocycles. The molecule has 0 aliphatic heterocycles. The van der Waals surface area contributed by atoms with Crippen LogP contribution < -0.4 is 9.62 Å². The first-order valence-corrected chi connectivity index (χ1v) is 17.0. The minimum Gasteiger partial charge on any atom is -0.354 e. The number of amides is 2. The molecule has 0 aromatic heterocycles. The van der Waals surface area contributed by atoms with E-state index in [4.69, 9.17) is 0 Å². The first kappa shape index (κ1) is 33.3. The number of sulfonamides is 1. The van der Waals surface area contributed by atoms with Crippen LogP contribution in [0.25, 0.3) is 0 Å². The number of anilines is 1. The lowest BCUT2D eigenvalue weighted by molar-refractivity contribution is -0.141. The summed E-state index contributed by atoms with van der Waals surface area (Å²) >= 11 is 3.51. The molecule has 3 aromatic rings. The molecular formula is C33H42BrN3O4S. The van der Waals surface area contributed by atoms with Gasteiger partial charge in [-0.1, -0.05) is 91.3 Å². The zero-order valence-electron chi connectivity index (χ0n) is 24.9. The molecule has 7 nitrogen and oxygen atoms in total. The Morgan fingerprint density at radius 1 is 0.905 bits per heavy atom. The van der Waals surface area contributed by atoms with Crippen LogP contribution in [0.2, 0.25) is 0 Å². The van der Waals surface area contributed by atoms with Crippen molar-refractivity contribution >= 4 is 43.5 Å². The predicted molar refractivity (Wildman–Crippen MR) is 174 cm³/mol. The van der Waals surface area contributed by atoms with E-state index in [1.807, 2.05) is 87.5 Å². The van der Waals surface area contributed by atoms with Gasteiger partial charge in [-0.05, 0) is 59.7 Å². The topological polar surface area (TPSA) is 86.8 Å². The second-order valence-corrected chi connectivity index (χ2v) is 13.8. The minimum atomic E-state index is -3.56. The largest absolute Gasteiger partial charge is 0.354 e. The Morgan fingerprint density at radius 2 is 1.57 bits per heavy atom. The highest BCUT2D eigenvalue weighted by molar-refractivity contribution is 9.10. The van der Waals surface area contributed by atoms with Crippen molar-refractivity contribution in [1.82, 2.24) is 10.2 Å². The monoisotopic (exact) mass is 655 g/mol. The maximum Gasteiger partial charge on any atom is 0.243 e. The quantitative estimate of drug-likeness (QED) is 0.219. The zero-order valence-corrected chi connectivity index (χ0v) is 27.3. The Labute approximate surface area is 259 Å². The zero-order chi connectivity index (χ0) is 30.7. The van der Waals surface area contributed by atoms with Crippen molar-refractivity contribution in [1.29, 1.82) is 0 Å². The lowest BCUT2D eigenvalue weighted by Crippen LogP contribution is -2.51. The molecule has 3 aromatic carbocycles. The number of aryl methyl sites for hydroxylation is 1. The maximum atomic E-state index is 13.9. The summed E-state index contributed by atoms with van der Waals surface area (Å²) in [5, 5.41) is 3.03. The average Bonchev–Trinajstić information content (AvgIpc) is 2.95. The molecule has 1 atom stereocenters. The number of hydrogen-bond acceptors (Lipinski definition) is 4. The van der Waals surface area contributed by atoms with Crippen molar-refractivity contribution in [3.63, 3.8) is 0 Å². The Bertz CT molecular complexity index is 1410. The van der Waals surface area contributed by atoms with Crippen LogP contribution in [0.5, 0.6) is 0 Å². The van der Waals surface area contributed by atoms with E-state index >= 15 is 0 Å². The maximum absolute atomic E-state index is 13.9. The lowest BCUT2D eigenvalue weighted by atomic mass is 10.0. The number of nitrogens with zero attached hydrogens (tertiary/aromatic N) is 2. The summed E-state index contributed by atoms with van der Waals surface area (Å²) in [5.41, 5.74) is 3.53. The Morgan fingerprint density at radius 3 is 2.17 bits per heavy atom. The minimum absolute atomic E-state index is 0.0931. The molecule has 0 saturated heterocycles. The Balaban J connectivity index is 1.87. The number of rotatable bonds is 15.